The minimum Gasteiger partial charge on any atom is -0.378 e. The first-order chi connectivity index (χ1) is 7.58. The number of benzene rings is 1. The number of anilines is 1. The predicted molar refractivity (Wildman–Crippen MR) is 70.8 cm³/mol. The van der Waals surface area contributed by atoms with Crippen LogP contribution in [0.3, 0.4) is 0 Å². The molecule has 0 aliphatic carbocycles. The van der Waals surface area contributed by atoms with Crippen molar-refractivity contribution in [2.24, 2.45) is 0 Å². The first-order valence-electron chi connectivity index (χ1n) is 5.08. The molecule has 0 fully saturated rings. The third-order valence-electron chi connectivity index (χ3n) is 2.51. The standard InChI is InChI=1S/C12H14BrN3/c1-8-11(15-12(13)14-8)9-4-6-10(7-5-9)16(2)3/h4-7H,1-3H3,(H,14,15). The van der Waals surface area contributed by atoms with E-state index in [1.807, 2.05) is 21.0 Å². The Morgan fingerprint density at radius 1 is 1.19 bits per heavy atom. The molecule has 3 nitrogen and oxygen atoms in total. The number of nitrogens with one attached hydrogen (secondary N) is 1. The number of nitrogens with zero attached hydrogens (tertiary/aromatic N) is 2. The molecule has 1 N–H and O–H groups in total. The number of H-pyrrole nitrogens is 1. The van der Waals surface area contributed by atoms with Crippen molar-refractivity contribution in [2.45, 2.75) is 6.92 Å². The lowest BCUT2D eigenvalue weighted by Crippen LogP contribution is -2.07. The summed E-state index contributed by atoms with van der Waals surface area (Å²) in [5, 5.41) is 0. The van der Waals surface area contributed by atoms with Crippen molar-refractivity contribution in [1.82, 2.24) is 9.97 Å². The van der Waals surface area contributed by atoms with Crippen LogP contribution >= 0.6 is 15.9 Å². The van der Waals surface area contributed by atoms with Gasteiger partial charge < -0.3 is 9.88 Å². The van der Waals surface area contributed by atoms with Gasteiger partial charge in [0.1, 0.15) is 0 Å². The average molecular weight is 280 g/mol. The van der Waals surface area contributed by atoms with Gasteiger partial charge in [0.25, 0.3) is 0 Å². The number of rotatable bonds is 2. The molecule has 84 valence electrons. The van der Waals surface area contributed by atoms with E-state index in [0.717, 1.165) is 21.7 Å². The SMILES string of the molecule is Cc1[nH]c(Br)nc1-c1ccc(N(C)C)cc1. The van der Waals surface area contributed by atoms with Gasteiger partial charge in [-0.3, -0.25) is 0 Å². The first kappa shape index (κ1) is 11.2. The molecule has 4 heteroatoms. The lowest BCUT2D eigenvalue weighted by molar-refractivity contribution is 1.13. The Morgan fingerprint density at radius 3 is 2.25 bits per heavy atom. The molecular formula is C12H14BrN3. The minimum atomic E-state index is 0.775. The van der Waals surface area contributed by atoms with Crippen molar-refractivity contribution in [3.05, 3.63) is 34.7 Å². The zero-order valence-corrected chi connectivity index (χ0v) is 11.2. The molecule has 0 aliphatic heterocycles. The molecule has 1 heterocycles. The van der Waals surface area contributed by atoms with Crippen molar-refractivity contribution in [3.8, 4) is 11.3 Å². The summed E-state index contributed by atoms with van der Waals surface area (Å²) in [6.07, 6.45) is 0. The second-order valence-electron chi connectivity index (χ2n) is 3.94. The third-order valence-corrected chi connectivity index (χ3v) is 2.89. The Balaban J connectivity index is 2.38. The van der Waals surface area contributed by atoms with Gasteiger partial charge in [0.2, 0.25) is 0 Å². The highest BCUT2D eigenvalue weighted by Crippen LogP contribution is 2.24. The fraction of sp³-hybridized carbons (Fsp3) is 0.250. The fourth-order valence-electron chi connectivity index (χ4n) is 1.62. The maximum atomic E-state index is 4.40. The Labute approximate surface area is 104 Å². The van der Waals surface area contributed by atoms with E-state index < -0.39 is 0 Å². The summed E-state index contributed by atoms with van der Waals surface area (Å²) in [6, 6.07) is 8.37. The van der Waals surface area contributed by atoms with E-state index in [1.54, 1.807) is 0 Å². The van der Waals surface area contributed by atoms with Crippen LogP contribution in [0.2, 0.25) is 0 Å². The van der Waals surface area contributed by atoms with Gasteiger partial charge in [-0.2, -0.15) is 0 Å². The topological polar surface area (TPSA) is 31.9 Å². The number of aromatic amines is 1. The highest BCUT2D eigenvalue weighted by atomic mass is 79.9. The molecule has 0 radical (unpaired) electrons. The minimum absolute atomic E-state index is 0.775. The van der Waals surface area contributed by atoms with Gasteiger partial charge in [0.15, 0.2) is 4.73 Å². The Kier molecular flexibility index (Phi) is 3.01. The van der Waals surface area contributed by atoms with Crippen LogP contribution in [0.25, 0.3) is 11.3 Å². The van der Waals surface area contributed by atoms with Crippen molar-refractivity contribution in [2.75, 3.05) is 19.0 Å². The van der Waals surface area contributed by atoms with E-state index >= 15 is 0 Å². The highest BCUT2D eigenvalue weighted by Gasteiger charge is 2.07. The molecule has 0 atom stereocenters. The number of hydrogen-bond acceptors (Lipinski definition) is 2. The lowest BCUT2D eigenvalue weighted by atomic mass is 10.1. The smallest absolute Gasteiger partial charge is 0.175 e. The number of halogens is 1. The summed E-state index contributed by atoms with van der Waals surface area (Å²) in [5.74, 6) is 0. The van der Waals surface area contributed by atoms with Gasteiger partial charge in [-0.05, 0) is 35.0 Å². The zero-order valence-electron chi connectivity index (χ0n) is 9.58. The number of aryl methyl sites for hydroxylation is 1. The summed E-state index contributed by atoms with van der Waals surface area (Å²) in [6.45, 7) is 2.02. The third kappa shape index (κ3) is 2.11. The van der Waals surface area contributed by atoms with E-state index in [0.29, 0.717) is 0 Å². The molecule has 0 aliphatic rings. The first-order valence-corrected chi connectivity index (χ1v) is 5.87. The Hall–Kier alpha value is -1.29. The molecule has 0 saturated carbocycles. The Morgan fingerprint density at radius 2 is 1.81 bits per heavy atom. The molecular weight excluding hydrogens is 266 g/mol. The van der Waals surface area contributed by atoms with Crippen LogP contribution in [-0.4, -0.2) is 24.1 Å². The summed E-state index contributed by atoms with van der Waals surface area (Å²) in [7, 11) is 4.07. The molecule has 1 aromatic heterocycles. The van der Waals surface area contributed by atoms with E-state index in [2.05, 4.69) is 55.1 Å². The van der Waals surface area contributed by atoms with Crippen LogP contribution in [0.15, 0.2) is 29.0 Å². The van der Waals surface area contributed by atoms with Crippen molar-refractivity contribution in [1.29, 1.82) is 0 Å². The molecule has 1 aromatic carbocycles. The fourth-order valence-corrected chi connectivity index (χ4v) is 2.10. The van der Waals surface area contributed by atoms with Crippen LogP contribution in [0.4, 0.5) is 5.69 Å². The van der Waals surface area contributed by atoms with Crippen LogP contribution in [0.5, 0.6) is 0 Å². The largest absolute Gasteiger partial charge is 0.378 e. The Bertz CT molecular complexity index is 485. The van der Waals surface area contributed by atoms with Gasteiger partial charge in [-0.25, -0.2) is 4.98 Å². The molecule has 0 spiro atoms. The molecule has 0 amide bonds. The van der Waals surface area contributed by atoms with Gasteiger partial charge in [-0.1, -0.05) is 12.1 Å². The van der Waals surface area contributed by atoms with E-state index in [4.69, 9.17) is 0 Å². The highest BCUT2D eigenvalue weighted by molar-refractivity contribution is 9.10. The summed E-state index contributed by atoms with van der Waals surface area (Å²) < 4.78 is 0.775. The molecule has 16 heavy (non-hydrogen) atoms. The van der Waals surface area contributed by atoms with Crippen LogP contribution < -0.4 is 4.90 Å². The van der Waals surface area contributed by atoms with Crippen molar-refractivity contribution in [3.63, 3.8) is 0 Å². The zero-order chi connectivity index (χ0) is 11.7. The lowest BCUT2D eigenvalue weighted by Gasteiger charge is -2.12. The van der Waals surface area contributed by atoms with Gasteiger partial charge >= 0.3 is 0 Å². The van der Waals surface area contributed by atoms with E-state index in [1.165, 1.54) is 5.69 Å². The second kappa shape index (κ2) is 4.29. The predicted octanol–water partition coefficient (Wildman–Crippen LogP) is 3.21. The van der Waals surface area contributed by atoms with Crippen molar-refractivity contribution < 1.29 is 0 Å². The van der Waals surface area contributed by atoms with Crippen LogP contribution in [0, 0.1) is 6.92 Å². The van der Waals surface area contributed by atoms with Gasteiger partial charge in [0, 0.05) is 31.0 Å². The van der Waals surface area contributed by atoms with Gasteiger partial charge in [0.05, 0.1) is 5.69 Å². The van der Waals surface area contributed by atoms with Crippen molar-refractivity contribution >= 4 is 21.6 Å². The van der Waals surface area contributed by atoms with Crippen LogP contribution in [-0.2, 0) is 0 Å². The summed E-state index contributed by atoms with van der Waals surface area (Å²) in [4.78, 5) is 9.62. The molecule has 0 saturated heterocycles. The number of hydrogen-bond donors (Lipinski definition) is 1. The molecule has 0 bridgehead atoms. The molecule has 0 unspecified atom stereocenters. The quantitative estimate of drug-likeness (QED) is 0.916. The maximum Gasteiger partial charge on any atom is 0.175 e. The van der Waals surface area contributed by atoms with Gasteiger partial charge in [-0.15, -0.1) is 0 Å². The molecule has 2 aromatic rings. The average Bonchev–Trinajstić information content (AvgIpc) is 2.58. The summed E-state index contributed by atoms with van der Waals surface area (Å²) >= 11 is 3.34. The maximum absolute atomic E-state index is 4.40. The normalized spacial score (nSPS) is 10.5. The monoisotopic (exact) mass is 279 g/mol. The van der Waals surface area contributed by atoms with Crippen LogP contribution in [0.1, 0.15) is 5.69 Å². The van der Waals surface area contributed by atoms with E-state index in [-0.39, 0.29) is 0 Å². The summed E-state index contributed by atoms with van der Waals surface area (Å²) in [5.41, 5.74) is 4.39. The second-order valence-corrected chi connectivity index (χ2v) is 4.69. The molecule has 2 rings (SSSR count). The van der Waals surface area contributed by atoms with E-state index in [9.17, 15) is 0 Å². The number of imidazole rings is 1. The number of aromatic nitrogens is 2.